The number of hydrogen-bond acceptors (Lipinski definition) is 3. The van der Waals surface area contributed by atoms with E-state index in [4.69, 9.17) is 27.2 Å². The lowest BCUT2D eigenvalue weighted by Crippen LogP contribution is -2.05. The van der Waals surface area contributed by atoms with Crippen LogP contribution in [0.4, 0.5) is 5.69 Å². The number of nitrogen functional groups attached to an aromatic ring is 1. The quantitative estimate of drug-likeness (QED) is 0.816. The van der Waals surface area contributed by atoms with E-state index in [0.29, 0.717) is 4.47 Å². The first-order chi connectivity index (χ1) is 6.49. The van der Waals surface area contributed by atoms with E-state index in [1.165, 1.54) is 13.2 Å². The molecule has 0 aliphatic carbocycles. The van der Waals surface area contributed by atoms with Gasteiger partial charge in [-0.15, -0.1) is 0 Å². The van der Waals surface area contributed by atoms with E-state index in [0.717, 1.165) is 0 Å². The van der Waals surface area contributed by atoms with Gasteiger partial charge in [-0.1, -0.05) is 11.6 Å². The van der Waals surface area contributed by atoms with E-state index in [2.05, 4.69) is 15.9 Å². The molecule has 0 saturated carbocycles. The minimum absolute atomic E-state index is 0.0133. The molecule has 0 heterocycles. The highest BCUT2D eigenvalue weighted by Gasteiger charge is 2.19. The Kier molecular flexibility index (Phi) is 3.23. The number of anilines is 1. The highest BCUT2D eigenvalue weighted by atomic mass is 79.9. The van der Waals surface area contributed by atoms with Gasteiger partial charge in [0.15, 0.2) is 5.75 Å². The zero-order chi connectivity index (χ0) is 10.9. The standard InChI is InChI=1S/C8H7BrClNO3/c1-14-7-3(9)2-4(10)5(6(7)11)8(12)13/h2H,11H2,1H3,(H,12,13). The lowest BCUT2D eigenvalue weighted by Gasteiger charge is -2.10. The third kappa shape index (κ3) is 1.78. The van der Waals surface area contributed by atoms with E-state index in [1.54, 1.807) is 0 Å². The number of halogens is 2. The number of nitrogens with two attached hydrogens (primary N) is 1. The molecule has 14 heavy (non-hydrogen) atoms. The molecule has 0 unspecified atom stereocenters. The number of benzene rings is 1. The Morgan fingerprint density at radius 1 is 1.71 bits per heavy atom. The van der Waals surface area contributed by atoms with Crippen LogP contribution in [0.25, 0.3) is 0 Å². The largest absolute Gasteiger partial charge is 0.493 e. The van der Waals surface area contributed by atoms with Gasteiger partial charge in [-0.25, -0.2) is 4.79 Å². The topological polar surface area (TPSA) is 72.5 Å². The molecule has 0 amide bonds. The van der Waals surface area contributed by atoms with Crippen molar-refractivity contribution < 1.29 is 14.6 Å². The molecule has 4 nitrogen and oxygen atoms in total. The van der Waals surface area contributed by atoms with E-state index in [-0.39, 0.29) is 22.0 Å². The van der Waals surface area contributed by atoms with Crippen molar-refractivity contribution in [3.63, 3.8) is 0 Å². The average Bonchev–Trinajstić information content (AvgIpc) is 2.02. The zero-order valence-electron chi connectivity index (χ0n) is 7.17. The number of hydrogen-bond donors (Lipinski definition) is 2. The molecule has 0 aliphatic heterocycles. The maximum atomic E-state index is 10.8. The van der Waals surface area contributed by atoms with Crippen LogP contribution in [0.1, 0.15) is 10.4 Å². The Hall–Kier alpha value is -0.940. The van der Waals surface area contributed by atoms with Crippen LogP contribution in [0.2, 0.25) is 5.02 Å². The maximum absolute atomic E-state index is 10.8. The van der Waals surface area contributed by atoms with E-state index in [9.17, 15) is 4.79 Å². The van der Waals surface area contributed by atoms with Crippen LogP contribution >= 0.6 is 27.5 Å². The van der Waals surface area contributed by atoms with Crippen LogP contribution in [0.5, 0.6) is 5.75 Å². The lowest BCUT2D eigenvalue weighted by atomic mass is 10.1. The molecule has 0 aromatic heterocycles. The third-order valence-electron chi connectivity index (χ3n) is 1.64. The monoisotopic (exact) mass is 279 g/mol. The van der Waals surface area contributed by atoms with Gasteiger partial charge in [0.2, 0.25) is 0 Å². The Morgan fingerprint density at radius 3 is 2.71 bits per heavy atom. The summed E-state index contributed by atoms with van der Waals surface area (Å²) < 4.78 is 5.45. The molecule has 1 rings (SSSR count). The fourth-order valence-electron chi connectivity index (χ4n) is 1.04. The average molecular weight is 281 g/mol. The predicted octanol–water partition coefficient (Wildman–Crippen LogP) is 2.39. The number of aromatic carboxylic acids is 1. The molecule has 0 spiro atoms. The fourth-order valence-corrected chi connectivity index (χ4v) is 2.07. The molecule has 0 atom stereocenters. The van der Waals surface area contributed by atoms with Crippen molar-refractivity contribution in [2.24, 2.45) is 0 Å². The molecule has 1 aromatic carbocycles. The minimum atomic E-state index is -1.18. The number of rotatable bonds is 2. The Morgan fingerprint density at radius 2 is 2.29 bits per heavy atom. The molecule has 0 radical (unpaired) electrons. The molecular weight excluding hydrogens is 273 g/mol. The maximum Gasteiger partial charge on any atom is 0.339 e. The minimum Gasteiger partial charge on any atom is -0.493 e. The number of carboxylic acid groups (broad SMARTS) is 1. The van der Waals surface area contributed by atoms with Crippen molar-refractivity contribution in [1.29, 1.82) is 0 Å². The summed E-state index contributed by atoms with van der Waals surface area (Å²) in [6.45, 7) is 0. The predicted molar refractivity (Wildman–Crippen MR) is 57.1 cm³/mol. The summed E-state index contributed by atoms with van der Waals surface area (Å²) in [6, 6.07) is 1.43. The fraction of sp³-hybridized carbons (Fsp3) is 0.125. The molecule has 76 valence electrons. The smallest absolute Gasteiger partial charge is 0.339 e. The highest BCUT2D eigenvalue weighted by Crippen LogP contribution is 2.38. The second-order valence-electron chi connectivity index (χ2n) is 2.47. The molecule has 0 fully saturated rings. The van der Waals surface area contributed by atoms with Crippen LogP contribution < -0.4 is 10.5 Å². The number of carboxylic acids is 1. The summed E-state index contributed by atoms with van der Waals surface area (Å²) in [7, 11) is 1.40. The van der Waals surface area contributed by atoms with Gasteiger partial charge < -0.3 is 15.6 Å². The van der Waals surface area contributed by atoms with Gasteiger partial charge in [0.1, 0.15) is 5.56 Å². The summed E-state index contributed by atoms with van der Waals surface area (Å²) in [4.78, 5) is 10.8. The van der Waals surface area contributed by atoms with Crippen molar-refractivity contribution in [2.75, 3.05) is 12.8 Å². The Balaban J connectivity index is 3.52. The SMILES string of the molecule is COc1c(Br)cc(Cl)c(C(=O)O)c1N. The van der Waals surface area contributed by atoms with Crippen LogP contribution in [0.3, 0.4) is 0 Å². The van der Waals surface area contributed by atoms with Crippen LogP contribution in [0.15, 0.2) is 10.5 Å². The van der Waals surface area contributed by atoms with Crippen LogP contribution in [-0.2, 0) is 0 Å². The van der Waals surface area contributed by atoms with Gasteiger partial charge in [-0.05, 0) is 22.0 Å². The van der Waals surface area contributed by atoms with Gasteiger partial charge >= 0.3 is 5.97 Å². The van der Waals surface area contributed by atoms with Crippen molar-refractivity contribution in [3.05, 3.63) is 21.1 Å². The number of methoxy groups -OCH3 is 1. The molecule has 6 heteroatoms. The molecular formula is C8H7BrClNO3. The first-order valence-electron chi connectivity index (χ1n) is 3.53. The van der Waals surface area contributed by atoms with Gasteiger partial charge in [0.25, 0.3) is 0 Å². The first kappa shape index (κ1) is 11.1. The second kappa shape index (κ2) is 4.06. The molecule has 0 aliphatic rings. The van der Waals surface area contributed by atoms with E-state index < -0.39 is 5.97 Å². The second-order valence-corrected chi connectivity index (χ2v) is 3.73. The normalized spacial score (nSPS) is 9.93. The third-order valence-corrected chi connectivity index (χ3v) is 2.53. The number of carbonyl (C=O) groups is 1. The summed E-state index contributed by atoms with van der Waals surface area (Å²) in [6.07, 6.45) is 0. The van der Waals surface area contributed by atoms with Gasteiger partial charge in [-0.3, -0.25) is 0 Å². The Bertz CT molecular complexity index is 395. The molecule has 0 bridgehead atoms. The van der Waals surface area contributed by atoms with Crippen molar-refractivity contribution >= 4 is 39.2 Å². The van der Waals surface area contributed by atoms with E-state index in [1.807, 2.05) is 0 Å². The van der Waals surface area contributed by atoms with Gasteiger partial charge in [0, 0.05) is 0 Å². The number of ether oxygens (including phenoxy) is 1. The van der Waals surface area contributed by atoms with Crippen LogP contribution in [0, 0.1) is 0 Å². The summed E-state index contributed by atoms with van der Waals surface area (Å²) >= 11 is 8.87. The summed E-state index contributed by atoms with van der Waals surface area (Å²) in [5, 5.41) is 8.89. The van der Waals surface area contributed by atoms with Crippen molar-refractivity contribution in [1.82, 2.24) is 0 Å². The first-order valence-corrected chi connectivity index (χ1v) is 4.71. The molecule has 0 saturated heterocycles. The van der Waals surface area contributed by atoms with Gasteiger partial charge in [-0.2, -0.15) is 0 Å². The van der Waals surface area contributed by atoms with Gasteiger partial charge in [0.05, 0.1) is 22.3 Å². The lowest BCUT2D eigenvalue weighted by molar-refractivity contribution is 0.0698. The van der Waals surface area contributed by atoms with Crippen molar-refractivity contribution in [3.8, 4) is 5.75 Å². The van der Waals surface area contributed by atoms with E-state index >= 15 is 0 Å². The zero-order valence-corrected chi connectivity index (χ0v) is 9.52. The van der Waals surface area contributed by atoms with Crippen LogP contribution in [-0.4, -0.2) is 18.2 Å². The molecule has 3 N–H and O–H groups in total. The Labute approximate surface area is 93.7 Å². The molecule has 1 aromatic rings. The highest BCUT2D eigenvalue weighted by molar-refractivity contribution is 9.10. The summed E-state index contributed by atoms with van der Waals surface area (Å²) in [5.41, 5.74) is 5.44. The van der Waals surface area contributed by atoms with Crippen molar-refractivity contribution in [2.45, 2.75) is 0 Å². The summed E-state index contributed by atoms with van der Waals surface area (Å²) in [5.74, 6) is -0.912.